The van der Waals surface area contributed by atoms with E-state index >= 15 is 0 Å². The van der Waals surface area contributed by atoms with Crippen molar-refractivity contribution < 1.29 is 40.4 Å². The second-order valence-corrected chi connectivity index (χ2v) is 0. The Morgan fingerprint density at radius 3 is 1.00 bits per heavy atom. The fourth-order valence-electron chi connectivity index (χ4n) is 0. The maximum Gasteiger partial charge on any atom is 0 e. The first kappa shape index (κ1) is 27.0. The third kappa shape index (κ3) is 8.96. The smallest absolute Gasteiger partial charge is 0 e. The molecule has 0 bridgehead atoms. The average molecular weight is 469 g/mol. The van der Waals surface area contributed by atoms with Gasteiger partial charge in [0, 0.05) is 40.4 Å². The fraction of sp³-hybridized carbons (Fsp3) is 0. The van der Waals surface area contributed by atoms with Crippen molar-refractivity contribution in [1.29, 1.82) is 0 Å². The van der Waals surface area contributed by atoms with E-state index in [1.165, 1.54) is 0 Å². The summed E-state index contributed by atoms with van der Waals surface area (Å²) in [6, 6.07) is 0. The molecule has 0 aliphatic carbocycles. The van der Waals surface area contributed by atoms with Crippen LogP contribution < -0.4 is 0 Å². The first-order valence-corrected chi connectivity index (χ1v) is 0. The summed E-state index contributed by atoms with van der Waals surface area (Å²) in [5.41, 5.74) is 0. The van der Waals surface area contributed by atoms with Gasteiger partial charge in [-0.2, -0.15) is 13.5 Å². The van der Waals surface area contributed by atoms with Crippen LogP contribution in [0, 0.1) is 40.4 Å². The predicted molar refractivity (Wildman–Crippen MR) is 30.3 cm³/mol. The van der Waals surface area contributed by atoms with Crippen molar-refractivity contribution in [3.63, 3.8) is 0 Å². The van der Waals surface area contributed by atoms with Crippen LogP contribution >= 0.6 is 13.5 Å². The first-order chi connectivity index (χ1) is 0. The molecular formula is H8BiGaSSm. The second-order valence-electron chi connectivity index (χ2n) is 0. The van der Waals surface area contributed by atoms with Gasteiger partial charge in [-0.05, 0) is 0 Å². The molecule has 0 aromatic carbocycles. The Balaban J connectivity index is 0. The summed E-state index contributed by atoms with van der Waals surface area (Å²) in [7, 11) is 0. The Bertz CT molecular complexity index is 8.00. The molecule has 0 unspecified atom stereocenters. The Labute approximate surface area is 97.6 Å². The van der Waals surface area contributed by atoms with Gasteiger partial charge in [0.1, 0.15) is 0 Å². The fourth-order valence-corrected chi connectivity index (χ4v) is 0. The summed E-state index contributed by atoms with van der Waals surface area (Å²) < 4.78 is 0. The van der Waals surface area contributed by atoms with Gasteiger partial charge in [0.25, 0.3) is 0 Å². The molecule has 0 rings (SSSR count). The third-order valence-electron chi connectivity index (χ3n) is 0. The molecule has 0 atom stereocenters. The molecular weight excluding hydrogens is 461 g/mol. The Hall–Kier alpha value is 3.21. The predicted octanol–water partition coefficient (Wildman–Crippen LogP) is -2.26. The molecule has 4 heavy (non-hydrogen) atoms. The Morgan fingerprint density at radius 1 is 1.00 bits per heavy atom. The molecule has 0 amide bonds. The van der Waals surface area contributed by atoms with Crippen molar-refractivity contribution in [1.82, 2.24) is 0 Å². The van der Waals surface area contributed by atoms with Gasteiger partial charge in [0.2, 0.25) is 0 Å². The van der Waals surface area contributed by atoms with E-state index in [4.69, 9.17) is 0 Å². The monoisotopic (exact) mass is 470 g/mol. The topological polar surface area (TPSA) is 0 Å². The van der Waals surface area contributed by atoms with Gasteiger partial charge in [0.15, 0.2) is 0 Å². The van der Waals surface area contributed by atoms with E-state index in [1.54, 1.807) is 0 Å². The minimum Gasteiger partial charge on any atom is 0 e. The van der Waals surface area contributed by atoms with E-state index in [0.29, 0.717) is 0 Å². The normalized spacial score (nSPS) is 0. The van der Waals surface area contributed by atoms with Gasteiger partial charge in [-0.3, -0.25) is 0 Å². The maximum absolute atomic E-state index is 0. The van der Waals surface area contributed by atoms with Crippen LogP contribution in [0.15, 0.2) is 0 Å². The molecule has 0 aromatic heterocycles. The van der Waals surface area contributed by atoms with E-state index in [9.17, 15) is 0 Å². The molecule has 0 saturated carbocycles. The standard InChI is InChI=1S/Bi.Ga.H2S.Sm.6H/h;;1H2;;;;;;;. The van der Waals surface area contributed by atoms with Crippen LogP contribution in [0.4, 0.5) is 0 Å². The van der Waals surface area contributed by atoms with Gasteiger partial charge in [-0.15, -0.1) is 0 Å². The van der Waals surface area contributed by atoms with Crippen molar-refractivity contribution in [2.75, 3.05) is 0 Å². The van der Waals surface area contributed by atoms with E-state index in [-0.39, 0.29) is 99.9 Å². The zero-order valence-electron chi connectivity index (χ0n) is 1.62. The van der Waals surface area contributed by atoms with E-state index < -0.39 is 0 Å². The molecule has 0 saturated heterocycles. The maximum atomic E-state index is 0. The molecule has 0 radical (unpaired) electrons. The summed E-state index contributed by atoms with van der Waals surface area (Å²) in [4.78, 5) is 0. The first-order valence-electron chi connectivity index (χ1n) is 0. The zero-order chi connectivity index (χ0) is 0. The van der Waals surface area contributed by atoms with Crippen molar-refractivity contribution in [3.05, 3.63) is 0 Å². The quantitative estimate of drug-likeness (QED) is 0.352. The van der Waals surface area contributed by atoms with Crippen molar-refractivity contribution >= 4 is 59.5 Å². The molecule has 0 heterocycles. The number of hydrogen-bond acceptors (Lipinski definition) is 0. The average Bonchev–Trinajstić information content (AvgIpc) is 0. The summed E-state index contributed by atoms with van der Waals surface area (Å²) in [5, 5.41) is 0. The minimum atomic E-state index is 0. The number of hydrogen-bond donors (Lipinski definition) is 0. The minimum absolute atomic E-state index is 0. The van der Waals surface area contributed by atoms with Gasteiger partial charge in [-0.25, -0.2) is 0 Å². The van der Waals surface area contributed by atoms with Crippen LogP contribution in [0.3, 0.4) is 0 Å². The van der Waals surface area contributed by atoms with E-state index in [0.717, 1.165) is 0 Å². The van der Waals surface area contributed by atoms with Crippen LogP contribution in [-0.2, 0) is 0 Å². The van der Waals surface area contributed by atoms with Crippen LogP contribution in [0.25, 0.3) is 0 Å². The largest absolute Gasteiger partial charge is 0 e. The van der Waals surface area contributed by atoms with Gasteiger partial charge in [-0.1, -0.05) is 0 Å². The Kier molecular flexibility index (Phi) is 110. The van der Waals surface area contributed by atoms with Gasteiger partial charge >= 0.3 is 46.0 Å². The molecule has 0 aliphatic heterocycles. The third-order valence-corrected chi connectivity index (χ3v) is 0. The summed E-state index contributed by atoms with van der Waals surface area (Å²) >= 11 is 0. The molecule has 0 fully saturated rings. The molecule has 0 nitrogen and oxygen atoms in total. The van der Waals surface area contributed by atoms with Crippen molar-refractivity contribution in [2.45, 2.75) is 0 Å². The van der Waals surface area contributed by atoms with Gasteiger partial charge < -0.3 is 0 Å². The summed E-state index contributed by atoms with van der Waals surface area (Å²) in [6.45, 7) is 0. The SMILES string of the molecule is S.[BiH3].[GaH3].[Sm]. The van der Waals surface area contributed by atoms with Gasteiger partial charge in [0.05, 0.1) is 0 Å². The summed E-state index contributed by atoms with van der Waals surface area (Å²) in [5.74, 6) is 0. The van der Waals surface area contributed by atoms with E-state index in [2.05, 4.69) is 0 Å². The van der Waals surface area contributed by atoms with Crippen LogP contribution in [-0.4, -0.2) is 46.0 Å². The second kappa shape index (κ2) is 16.4. The van der Waals surface area contributed by atoms with Crippen LogP contribution in [0.1, 0.15) is 0 Å². The molecule has 0 N–H and O–H groups in total. The van der Waals surface area contributed by atoms with Crippen LogP contribution in [0.2, 0.25) is 0 Å². The molecule has 0 aliphatic rings. The summed E-state index contributed by atoms with van der Waals surface area (Å²) in [6.07, 6.45) is 0. The van der Waals surface area contributed by atoms with Crippen molar-refractivity contribution in [3.8, 4) is 0 Å². The number of rotatable bonds is 0. The van der Waals surface area contributed by atoms with Crippen molar-refractivity contribution in [2.24, 2.45) is 0 Å². The van der Waals surface area contributed by atoms with E-state index in [1.807, 2.05) is 0 Å². The zero-order valence-corrected chi connectivity index (χ0v) is 10.7. The Morgan fingerprint density at radius 2 is 1.00 bits per heavy atom. The molecule has 28 valence electrons. The van der Waals surface area contributed by atoms with Crippen LogP contribution in [0.5, 0.6) is 0 Å². The molecule has 4 heteroatoms. The molecule has 0 aromatic rings. The molecule has 0 spiro atoms.